The van der Waals surface area contributed by atoms with Crippen molar-refractivity contribution >= 4 is 11.9 Å². The van der Waals surface area contributed by atoms with Crippen molar-refractivity contribution in [1.29, 1.82) is 0 Å². The van der Waals surface area contributed by atoms with E-state index in [-0.39, 0.29) is 11.6 Å². The van der Waals surface area contributed by atoms with Gasteiger partial charge >= 0.3 is 0 Å². The van der Waals surface area contributed by atoms with Crippen molar-refractivity contribution in [2.75, 3.05) is 31.1 Å². The van der Waals surface area contributed by atoms with Crippen LogP contribution in [0.3, 0.4) is 0 Å². The molecule has 0 spiro atoms. The first-order valence-corrected chi connectivity index (χ1v) is 9.61. The fraction of sp³-hybridized carbons (Fsp3) is 0.227. The summed E-state index contributed by atoms with van der Waals surface area (Å²) in [5.41, 5.74) is 4.38. The summed E-state index contributed by atoms with van der Waals surface area (Å²) in [5, 5.41) is 8.70. The van der Waals surface area contributed by atoms with Crippen molar-refractivity contribution in [2.24, 2.45) is 0 Å². The number of benzene rings is 2. The minimum Gasteiger partial charge on any atom is -0.338 e. The van der Waals surface area contributed by atoms with Gasteiger partial charge < -0.3 is 4.90 Å². The molecule has 2 heterocycles. The van der Waals surface area contributed by atoms with E-state index in [0.29, 0.717) is 5.95 Å². The molecule has 0 saturated carbocycles. The Hall–Kier alpha value is -3.29. The molecule has 0 atom stereocenters. The SMILES string of the molecule is O=C(NO)c1cnc(N2CCN(C(c3ccccc3)c3ccccc3)CC2)nc1. The van der Waals surface area contributed by atoms with Crippen molar-refractivity contribution in [1.82, 2.24) is 20.3 Å². The minimum absolute atomic E-state index is 0.205. The maximum atomic E-state index is 11.4. The highest BCUT2D eigenvalue weighted by Crippen LogP contribution is 2.29. The Morgan fingerprint density at radius 2 is 1.38 bits per heavy atom. The summed E-state index contributed by atoms with van der Waals surface area (Å²) in [7, 11) is 0. The molecule has 1 aliphatic rings. The second kappa shape index (κ2) is 8.81. The average molecular weight is 389 g/mol. The monoisotopic (exact) mass is 389 g/mol. The summed E-state index contributed by atoms with van der Waals surface area (Å²) in [6.07, 6.45) is 2.86. The fourth-order valence-corrected chi connectivity index (χ4v) is 3.73. The number of nitrogens with one attached hydrogen (secondary N) is 1. The van der Waals surface area contributed by atoms with Crippen LogP contribution in [0.4, 0.5) is 5.95 Å². The zero-order chi connectivity index (χ0) is 20.1. The van der Waals surface area contributed by atoms with Gasteiger partial charge in [0, 0.05) is 38.6 Å². The molecule has 3 aromatic rings. The molecule has 29 heavy (non-hydrogen) atoms. The number of hydrogen-bond acceptors (Lipinski definition) is 6. The topological polar surface area (TPSA) is 81.6 Å². The van der Waals surface area contributed by atoms with Crippen LogP contribution in [0.2, 0.25) is 0 Å². The Bertz CT molecular complexity index is 887. The Labute approximate surface area is 169 Å². The minimum atomic E-state index is -0.616. The lowest BCUT2D eigenvalue weighted by Gasteiger charge is -2.39. The van der Waals surface area contributed by atoms with Crippen molar-refractivity contribution in [3.05, 3.63) is 89.7 Å². The third-order valence-electron chi connectivity index (χ3n) is 5.19. The molecule has 1 saturated heterocycles. The van der Waals surface area contributed by atoms with Gasteiger partial charge in [-0.15, -0.1) is 0 Å². The van der Waals surface area contributed by atoms with Crippen molar-refractivity contribution in [2.45, 2.75) is 6.04 Å². The predicted octanol–water partition coefficient (Wildman–Crippen LogP) is 2.51. The van der Waals surface area contributed by atoms with Crippen molar-refractivity contribution in [3.8, 4) is 0 Å². The molecule has 1 aliphatic heterocycles. The van der Waals surface area contributed by atoms with Gasteiger partial charge in [-0.2, -0.15) is 0 Å². The van der Waals surface area contributed by atoms with Gasteiger partial charge in [0.05, 0.1) is 11.6 Å². The van der Waals surface area contributed by atoms with Gasteiger partial charge in [0.2, 0.25) is 5.95 Å². The smallest absolute Gasteiger partial charge is 0.277 e. The van der Waals surface area contributed by atoms with Gasteiger partial charge in [-0.1, -0.05) is 60.7 Å². The third kappa shape index (κ3) is 4.26. The maximum absolute atomic E-state index is 11.4. The summed E-state index contributed by atoms with van der Waals surface area (Å²) in [5.74, 6) is -0.0231. The second-order valence-electron chi connectivity index (χ2n) is 6.96. The molecule has 1 amide bonds. The van der Waals surface area contributed by atoms with E-state index in [1.807, 2.05) is 12.1 Å². The summed E-state index contributed by atoms with van der Waals surface area (Å²) >= 11 is 0. The quantitative estimate of drug-likeness (QED) is 0.516. The summed E-state index contributed by atoms with van der Waals surface area (Å²) in [4.78, 5) is 24.6. The highest BCUT2D eigenvalue weighted by molar-refractivity contribution is 5.92. The van der Waals surface area contributed by atoms with Gasteiger partial charge in [-0.25, -0.2) is 15.4 Å². The molecule has 1 fully saturated rings. The molecule has 148 valence electrons. The molecule has 2 aromatic carbocycles. The number of hydrogen-bond donors (Lipinski definition) is 2. The van der Waals surface area contributed by atoms with Crippen LogP contribution in [-0.4, -0.2) is 52.2 Å². The van der Waals surface area contributed by atoms with E-state index in [0.717, 1.165) is 26.2 Å². The van der Waals surface area contributed by atoms with E-state index in [9.17, 15) is 4.79 Å². The third-order valence-corrected chi connectivity index (χ3v) is 5.19. The van der Waals surface area contributed by atoms with E-state index in [1.54, 1.807) is 5.48 Å². The first-order chi connectivity index (χ1) is 14.3. The van der Waals surface area contributed by atoms with Crippen molar-refractivity contribution in [3.63, 3.8) is 0 Å². The number of carbonyl (C=O) groups is 1. The number of nitrogens with zero attached hydrogens (tertiary/aromatic N) is 4. The summed E-state index contributed by atoms with van der Waals surface area (Å²) in [6, 6.07) is 21.3. The van der Waals surface area contributed by atoms with Crippen molar-refractivity contribution < 1.29 is 10.0 Å². The molecule has 0 aliphatic carbocycles. The fourth-order valence-electron chi connectivity index (χ4n) is 3.73. The molecule has 0 unspecified atom stereocenters. The highest BCUT2D eigenvalue weighted by Gasteiger charge is 2.27. The molecule has 1 aromatic heterocycles. The van der Waals surface area contributed by atoms with Crippen LogP contribution >= 0.6 is 0 Å². The Balaban J connectivity index is 1.49. The van der Waals surface area contributed by atoms with Crippen LogP contribution < -0.4 is 10.4 Å². The van der Waals surface area contributed by atoms with Gasteiger partial charge in [-0.05, 0) is 11.1 Å². The average Bonchev–Trinajstić information content (AvgIpc) is 2.81. The lowest BCUT2D eigenvalue weighted by atomic mass is 9.96. The normalized spacial score (nSPS) is 14.8. The van der Waals surface area contributed by atoms with Crippen LogP contribution in [0.15, 0.2) is 73.1 Å². The largest absolute Gasteiger partial charge is 0.338 e. The van der Waals surface area contributed by atoms with Crippen LogP contribution in [-0.2, 0) is 0 Å². The molecule has 7 nitrogen and oxygen atoms in total. The van der Waals surface area contributed by atoms with E-state index in [4.69, 9.17) is 5.21 Å². The van der Waals surface area contributed by atoms with E-state index >= 15 is 0 Å². The van der Waals surface area contributed by atoms with Crippen LogP contribution in [0.5, 0.6) is 0 Å². The van der Waals surface area contributed by atoms with Gasteiger partial charge in [0.25, 0.3) is 5.91 Å². The lowest BCUT2D eigenvalue weighted by Crippen LogP contribution is -2.48. The Morgan fingerprint density at radius 3 is 1.86 bits per heavy atom. The molecule has 0 radical (unpaired) electrons. The van der Waals surface area contributed by atoms with Gasteiger partial charge in [-0.3, -0.25) is 14.9 Å². The molecular weight excluding hydrogens is 366 g/mol. The lowest BCUT2D eigenvalue weighted by molar-refractivity contribution is 0.0705. The standard InChI is InChI=1S/C22H23N5O2/c28-21(25-29)19-15-23-22(24-16-19)27-13-11-26(12-14-27)20(17-7-3-1-4-8-17)18-9-5-2-6-10-18/h1-10,15-16,20,29H,11-14H2,(H,25,28). The number of piperazine rings is 1. The maximum Gasteiger partial charge on any atom is 0.277 e. The molecule has 7 heteroatoms. The van der Waals surface area contributed by atoms with Gasteiger partial charge in [0.15, 0.2) is 0 Å². The Kier molecular flexibility index (Phi) is 5.79. The molecule has 4 rings (SSSR count). The number of hydroxylamine groups is 1. The second-order valence-corrected chi connectivity index (χ2v) is 6.96. The Morgan fingerprint density at radius 1 is 0.862 bits per heavy atom. The molecular formula is C22H23N5O2. The number of amides is 1. The van der Waals surface area contributed by atoms with E-state index < -0.39 is 5.91 Å². The first-order valence-electron chi connectivity index (χ1n) is 9.61. The number of aromatic nitrogens is 2. The highest BCUT2D eigenvalue weighted by atomic mass is 16.5. The van der Waals surface area contributed by atoms with Gasteiger partial charge in [0.1, 0.15) is 0 Å². The first kappa shape index (κ1) is 19.0. The summed E-state index contributed by atoms with van der Waals surface area (Å²) in [6.45, 7) is 3.33. The van der Waals surface area contributed by atoms with Crippen LogP contribution in [0.25, 0.3) is 0 Å². The number of carbonyl (C=O) groups excluding carboxylic acids is 1. The zero-order valence-corrected chi connectivity index (χ0v) is 16.0. The molecule has 2 N–H and O–H groups in total. The summed E-state index contributed by atoms with van der Waals surface area (Å²) < 4.78 is 0. The van der Waals surface area contributed by atoms with E-state index in [1.165, 1.54) is 23.5 Å². The van der Waals surface area contributed by atoms with E-state index in [2.05, 4.69) is 68.3 Å². The van der Waals surface area contributed by atoms with Crippen LogP contribution in [0, 0.1) is 0 Å². The number of anilines is 1. The zero-order valence-electron chi connectivity index (χ0n) is 16.0. The van der Waals surface area contributed by atoms with Crippen LogP contribution in [0.1, 0.15) is 27.5 Å². The predicted molar refractivity (Wildman–Crippen MR) is 110 cm³/mol. The molecule has 0 bridgehead atoms. The number of rotatable bonds is 5.